The van der Waals surface area contributed by atoms with E-state index in [4.69, 9.17) is 7.85 Å². The average molecular weight is 572 g/mol. The molecule has 0 bridgehead atoms. The number of allylic oxidation sites excluding steroid dienone is 1. The van der Waals surface area contributed by atoms with Crippen LogP contribution in [-0.2, 0) is 11.8 Å². The highest BCUT2D eigenvalue weighted by Gasteiger charge is 2.46. The van der Waals surface area contributed by atoms with Gasteiger partial charge >= 0.3 is 0 Å². The van der Waals surface area contributed by atoms with Gasteiger partial charge < -0.3 is 4.57 Å². The highest BCUT2D eigenvalue weighted by atomic mass is 15.0. The molecule has 2 aliphatic rings. The molecule has 210 valence electrons. The Morgan fingerprint density at radius 2 is 1.18 bits per heavy atom. The van der Waals surface area contributed by atoms with Crippen molar-refractivity contribution in [3.63, 3.8) is 0 Å². The van der Waals surface area contributed by atoms with Crippen molar-refractivity contribution in [3.8, 4) is 27.9 Å². The van der Waals surface area contributed by atoms with Crippen LogP contribution in [0.4, 0.5) is 0 Å². The maximum atomic E-state index is 6.51. The van der Waals surface area contributed by atoms with Crippen LogP contribution in [-0.4, -0.2) is 12.4 Å². The van der Waals surface area contributed by atoms with Crippen LogP contribution in [0.3, 0.4) is 0 Å². The molecule has 0 amide bonds. The summed E-state index contributed by atoms with van der Waals surface area (Å²) in [6.45, 7) is 0. The van der Waals surface area contributed by atoms with Gasteiger partial charge in [0.2, 0.25) is 0 Å². The third-order valence-corrected chi connectivity index (χ3v) is 9.86. The molecule has 1 aromatic heterocycles. The fourth-order valence-electron chi connectivity index (χ4n) is 7.96. The normalized spacial score (nSPS) is 14.2. The minimum absolute atomic E-state index is 0.485. The van der Waals surface area contributed by atoms with Gasteiger partial charge in [0.1, 0.15) is 7.85 Å². The molecule has 45 heavy (non-hydrogen) atoms. The Bertz CT molecular complexity index is 2220. The van der Waals surface area contributed by atoms with Crippen molar-refractivity contribution in [2.75, 3.05) is 0 Å². The fraction of sp³-hybridized carbons (Fsp3) is 0.0698. The monoisotopic (exact) mass is 571 g/mol. The van der Waals surface area contributed by atoms with Crippen LogP contribution in [0.15, 0.2) is 152 Å². The van der Waals surface area contributed by atoms with Gasteiger partial charge in [-0.05, 0) is 87.7 Å². The summed E-state index contributed by atoms with van der Waals surface area (Å²) in [4.78, 5) is 0. The van der Waals surface area contributed by atoms with E-state index < -0.39 is 5.41 Å². The molecule has 1 nitrogen and oxygen atoms in total. The maximum absolute atomic E-state index is 6.51. The highest BCUT2D eigenvalue weighted by molar-refractivity contribution is 6.32. The van der Waals surface area contributed by atoms with Crippen LogP contribution < -0.4 is 5.46 Å². The van der Waals surface area contributed by atoms with Gasteiger partial charge in [0.15, 0.2) is 0 Å². The first-order chi connectivity index (χ1) is 22.2. The summed E-state index contributed by atoms with van der Waals surface area (Å²) in [5.74, 6) is 0. The first kappa shape index (κ1) is 26.1. The molecule has 0 unspecified atom stereocenters. The topological polar surface area (TPSA) is 4.93 Å². The lowest BCUT2D eigenvalue weighted by atomic mass is 9.67. The van der Waals surface area contributed by atoms with Crippen molar-refractivity contribution < 1.29 is 0 Å². The van der Waals surface area contributed by atoms with E-state index in [1.165, 1.54) is 72.4 Å². The molecule has 2 radical (unpaired) electrons. The van der Waals surface area contributed by atoms with E-state index in [1.807, 2.05) is 6.07 Å². The van der Waals surface area contributed by atoms with Crippen LogP contribution in [0.25, 0.3) is 44.9 Å². The maximum Gasteiger partial charge on any atom is 0.113 e. The number of benzene rings is 6. The third-order valence-electron chi connectivity index (χ3n) is 9.86. The van der Waals surface area contributed by atoms with Gasteiger partial charge in [-0.15, -0.1) is 0 Å². The molecule has 9 rings (SSSR count). The fourth-order valence-corrected chi connectivity index (χ4v) is 7.96. The average Bonchev–Trinajstić information content (AvgIpc) is 3.59. The van der Waals surface area contributed by atoms with Crippen molar-refractivity contribution in [3.05, 3.63) is 185 Å². The van der Waals surface area contributed by atoms with Crippen LogP contribution in [0, 0.1) is 0 Å². The highest BCUT2D eigenvalue weighted by Crippen LogP contribution is 2.56. The summed E-state index contributed by atoms with van der Waals surface area (Å²) >= 11 is 0. The van der Waals surface area contributed by atoms with E-state index in [9.17, 15) is 0 Å². The van der Waals surface area contributed by atoms with Gasteiger partial charge in [-0.1, -0.05) is 133 Å². The number of rotatable bonds is 4. The number of hydrogen-bond acceptors (Lipinski definition) is 0. The first-order valence-electron chi connectivity index (χ1n) is 15.8. The Hall–Kier alpha value is -5.34. The van der Waals surface area contributed by atoms with E-state index >= 15 is 0 Å². The number of nitrogens with zero attached hydrogens (tertiary/aromatic N) is 1. The van der Waals surface area contributed by atoms with Crippen molar-refractivity contribution in [1.82, 2.24) is 4.57 Å². The summed E-state index contributed by atoms with van der Waals surface area (Å²) in [5, 5.41) is 1.30. The van der Waals surface area contributed by atoms with E-state index in [0.29, 0.717) is 0 Å². The van der Waals surface area contributed by atoms with E-state index in [1.54, 1.807) is 0 Å². The van der Waals surface area contributed by atoms with Crippen LogP contribution in [0.1, 0.15) is 39.9 Å². The Morgan fingerprint density at radius 1 is 0.578 bits per heavy atom. The molecular formula is C43H30BN. The van der Waals surface area contributed by atoms with Crippen LogP contribution >= 0.6 is 0 Å². The Kier molecular flexibility index (Phi) is 5.86. The van der Waals surface area contributed by atoms with Crippen molar-refractivity contribution in [1.29, 1.82) is 0 Å². The van der Waals surface area contributed by atoms with Crippen LogP contribution in [0.2, 0.25) is 0 Å². The standard InChI is InChI=1S/C43H30BN/c44-33-22-24-36-35-23-20-30(27-39(35)43(40(36)28-33,31-12-4-1-5-13-31)32-14-6-2-7-15-32)29-21-25-42-38(26-29)37-18-10-11-19-41(37)45(42)34-16-8-3-9-17-34/h1-10,12-18,20-28H,11,19H2. The lowest BCUT2D eigenvalue weighted by Crippen LogP contribution is -2.29. The predicted octanol–water partition coefficient (Wildman–Crippen LogP) is 9.41. The zero-order chi connectivity index (χ0) is 30.0. The lowest BCUT2D eigenvalue weighted by molar-refractivity contribution is 0.769. The quantitative estimate of drug-likeness (QED) is 0.186. The van der Waals surface area contributed by atoms with Gasteiger partial charge in [-0.3, -0.25) is 0 Å². The Labute approximate surface area is 265 Å². The predicted molar refractivity (Wildman–Crippen MR) is 189 cm³/mol. The number of aromatic nitrogens is 1. The molecule has 0 saturated heterocycles. The zero-order valence-corrected chi connectivity index (χ0v) is 24.9. The second-order valence-corrected chi connectivity index (χ2v) is 12.3. The largest absolute Gasteiger partial charge is 0.313 e. The molecule has 0 fully saturated rings. The zero-order valence-electron chi connectivity index (χ0n) is 24.9. The molecule has 0 spiro atoms. The second kappa shape index (κ2) is 10.1. The summed E-state index contributed by atoms with van der Waals surface area (Å²) in [5.41, 5.74) is 15.5. The number of para-hydroxylation sites is 1. The molecule has 6 aromatic carbocycles. The molecule has 7 aromatic rings. The van der Waals surface area contributed by atoms with Crippen molar-refractivity contribution >= 4 is 30.3 Å². The molecule has 1 heterocycles. The van der Waals surface area contributed by atoms with Gasteiger partial charge in [0.25, 0.3) is 0 Å². The molecule has 2 heteroatoms. The third kappa shape index (κ3) is 3.82. The second-order valence-electron chi connectivity index (χ2n) is 12.3. The minimum Gasteiger partial charge on any atom is -0.313 e. The van der Waals surface area contributed by atoms with E-state index in [2.05, 4.69) is 156 Å². The Morgan fingerprint density at radius 3 is 1.89 bits per heavy atom. The number of hydrogen-bond donors (Lipinski definition) is 0. The summed E-state index contributed by atoms with van der Waals surface area (Å²) < 4.78 is 2.46. The summed E-state index contributed by atoms with van der Waals surface area (Å²) in [6.07, 6.45) is 6.75. The number of fused-ring (bicyclic) bond motifs is 6. The summed E-state index contributed by atoms with van der Waals surface area (Å²) in [6, 6.07) is 53.1. The van der Waals surface area contributed by atoms with Crippen molar-refractivity contribution in [2.45, 2.75) is 18.3 Å². The van der Waals surface area contributed by atoms with E-state index in [0.717, 1.165) is 18.3 Å². The van der Waals surface area contributed by atoms with Gasteiger partial charge in [-0.25, -0.2) is 0 Å². The van der Waals surface area contributed by atoms with E-state index in [-0.39, 0.29) is 0 Å². The molecule has 0 saturated carbocycles. The molecule has 0 N–H and O–H groups in total. The molecule has 2 aliphatic carbocycles. The van der Waals surface area contributed by atoms with Crippen molar-refractivity contribution in [2.24, 2.45) is 0 Å². The molecule has 0 atom stereocenters. The van der Waals surface area contributed by atoms with Crippen LogP contribution in [0.5, 0.6) is 0 Å². The Balaban J connectivity index is 1.30. The molecule has 0 aliphatic heterocycles. The van der Waals surface area contributed by atoms with Gasteiger partial charge in [0, 0.05) is 22.3 Å². The van der Waals surface area contributed by atoms with Gasteiger partial charge in [0.05, 0.1) is 10.9 Å². The minimum atomic E-state index is -0.485. The molecular weight excluding hydrogens is 541 g/mol. The smallest absolute Gasteiger partial charge is 0.113 e. The first-order valence-corrected chi connectivity index (χ1v) is 15.8. The lowest BCUT2D eigenvalue weighted by Gasteiger charge is -2.34. The summed E-state index contributed by atoms with van der Waals surface area (Å²) in [7, 11) is 6.51. The van der Waals surface area contributed by atoms with Gasteiger partial charge in [-0.2, -0.15) is 0 Å². The SMILES string of the molecule is [B]c1ccc2c(c1)C(c1ccccc1)(c1ccccc1)c1cc(-c3ccc4c(c3)c3c(n4-c4ccccc4)CCC=C3)ccc1-2.